The van der Waals surface area contributed by atoms with Crippen LogP contribution in [-0.2, 0) is 19.6 Å². The zero-order valence-corrected chi connectivity index (χ0v) is 12.3. The summed E-state index contributed by atoms with van der Waals surface area (Å²) in [5, 5.41) is 0. The van der Waals surface area contributed by atoms with E-state index in [9.17, 15) is 8.42 Å². The van der Waals surface area contributed by atoms with E-state index >= 15 is 0 Å². The van der Waals surface area contributed by atoms with Crippen molar-refractivity contribution in [1.82, 2.24) is 4.89 Å². The first-order valence-corrected chi connectivity index (χ1v) is 7.18. The Morgan fingerprint density at radius 2 is 1.79 bits per heavy atom. The van der Waals surface area contributed by atoms with Gasteiger partial charge in [-0.25, -0.2) is 8.42 Å². The summed E-state index contributed by atoms with van der Waals surface area (Å²) in [5.41, 5.74) is 1.33. The van der Waals surface area contributed by atoms with E-state index in [1.165, 1.54) is 7.11 Å². The summed E-state index contributed by atoms with van der Waals surface area (Å²) in [6.45, 7) is 3.93. The third-order valence-corrected chi connectivity index (χ3v) is 3.90. The second-order valence-corrected chi connectivity index (χ2v) is 5.63. The van der Waals surface area contributed by atoms with Gasteiger partial charge in [-0.2, -0.15) is 0 Å². The molecule has 0 atom stereocenters. The first-order valence-electron chi connectivity index (χ1n) is 5.70. The zero-order valence-electron chi connectivity index (χ0n) is 11.5. The van der Waals surface area contributed by atoms with Crippen molar-refractivity contribution in [3.8, 4) is 5.75 Å². The van der Waals surface area contributed by atoms with Gasteiger partial charge in [0.1, 0.15) is 5.75 Å². The van der Waals surface area contributed by atoms with Gasteiger partial charge in [0.2, 0.25) is 0 Å². The molecule has 19 heavy (non-hydrogen) atoms. The summed E-state index contributed by atoms with van der Waals surface area (Å²) in [5.74, 6) is 0.650. The summed E-state index contributed by atoms with van der Waals surface area (Å²) in [7, 11) is -0.650. The number of sulfonamides is 1. The molecule has 1 aromatic rings. The second-order valence-electron chi connectivity index (χ2n) is 4.02. The third kappa shape index (κ3) is 4.17. The van der Waals surface area contributed by atoms with Gasteiger partial charge in [-0.1, -0.05) is 4.89 Å². The standard InChI is InChI=1S/C12H19NO5S/c1-9-8-12(10(2)7-11(9)17-4)19(14,15)13-18-6-5-16-3/h7-8,13H,5-6H2,1-4H3. The fourth-order valence-electron chi connectivity index (χ4n) is 1.56. The molecule has 0 unspecified atom stereocenters. The average Bonchev–Trinajstić information content (AvgIpc) is 2.36. The zero-order chi connectivity index (χ0) is 14.5. The van der Waals surface area contributed by atoms with E-state index < -0.39 is 10.0 Å². The van der Waals surface area contributed by atoms with Gasteiger partial charge in [0.15, 0.2) is 0 Å². The van der Waals surface area contributed by atoms with Gasteiger partial charge in [-0.3, -0.25) is 4.84 Å². The molecule has 0 saturated heterocycles. The fourth-order valence-corrected chi connectivity index (χ4v) is 2.70. The first-order chi connectivity index (χ1) is 8.92. The molecule has 0 bridgehead atoms. The van der Waals surface area contributed by atoms with Crippen LogP contribution in [-0.4, -0.2) is 35.9 Å². The molecule has 0 aliphatic heterocycles. The molecule has 1 aromatic carbocycles. The van der Waals surface area contributed by atoms with Crippen molar-refractivity contribution in [2.45, 2.75) is 18.7 Å². The molecular weight excluding hydrogens is 270 g/mol. The molecule has 0 amide bonds. The van der Waals surface area contributed by atoms with Gasteiger partial charge >= 0.3 is 0 Å². The first kappa shape index (κ1) is 15.9. The Bertz CT molecular complexity index is 527. The fraction of sp³-hybridized carbons (Fsp3) is 0.500. The Labute approximate surface area is 113 Å². The monoisotopic (exact) mass is 289 g/mol. The van der Waals surface area contributed by atoms with Gasteiger partial charge < -0.3 is 9.47 Å². The lowest BCUT2D eigenvalue weighted by Gasteiger charge is -2.12. The Balaban J connectivity index is 2.92. The smallest absolute Gasteiger partial charge is 0.262 e. The predicted octanol–water partition coefficient (Wildman–Crippen LogP) is 1.17. The summed E-state index contributed by atoms with van der Waals surface area (Å²) < 4.78 is 34.0. The Hall–Kier alpha value is -1.15. The number of rotatable bonds is 7. The van der Waals surface area contributed by atoms with E-state index in [4.69, 9.17) is 14.3 Å². The number of ether oxygens (including phenoxy) is 2. The predicted molar refractivity (Wildman–Crippen MR) is 70.6 cm³/mol. The van der Waals surface area contributed by atoms with Crippen molar-refractivity contribution in [3.63, 3.8) is 0 Å². The summed E-state index contributed by atoms with van der Waals surface area (Å²) in [6, 6.07) is 3.23. The van der Waals surface area contributed by atoms with Crippen molar-refractivity contribution < 1.29 is 22.7 Å². The number of hydrogen-bond donors (Lipinski definition) is 1. The van der Waals surface area contributed by atoms with Crippen LogP contribution in [0.4, 0.5) is 0 Å². The molecule has 0 radical (unpaired) electrons. The lowest BCUT2D eigenvalue weighted by molar-refractivity contribution is 0.0438. The van der Waals surface area contributed by atoms with Crippen molar-refractivity contribution in [3.05, 3.63) is 23.3 Å². The molecule has 0 fully saturated rings. The third-order valence-electron chi connectivity index (χ3n) is 2.54. The number of nitrogens with one attached hydrogen (secondary N) is 1. The highest BCUT2D eigenvalue weighted by Crippen LogP contribution is 2.25. The van der Waals surface area contributed by atoms with Crippen molar-refractivity contribution in [2.24, 2.45) is 0 Å². The Morgan fingerprint density at radius 3 is 2.37 bits per heavy atom. The van der Waals surface area contributed by atoms with E-state index in [2.05, 4.69) is 4.89 Å². The highest BCUT2D eigenvalue weighted by atomic mass is 32.2. The number of methoxy groups -OCH3 is 2. The van der Waals surface area contributed by atoms with E-state index in [0.29, 0.717) is 17.9 Å². The molecule has 108 valence electrons. The minimum atomic E-state index is -3.70. The molecular formula is C12H19NO5S. The SMILES string of the molecule is COCCONS(=O)(=O)c1cc(C)c(OC)cc1C. The normalized spacial score (nSPS) is 11.6. The molecule has 0 aliphatic carbocycles. The molecule has 1 rings (SSSR count). The molecule has 0 spiro atoms. The van der Waals surface area contributed by atoms with Crippen LogP contribution in [0, 0.1) is 13.8 Å². The van der Waals surface area contributed by atoms with Crippen LogP contribution >= 0.6 is 0 Å². The maximum Gasteiger partial charge on any atom is 0.262 e. The molecule has 7 heteroatoms. The summed E-state index contributed by atoms with van der Waals surface area (Å²) in [4.78, 5) is 7.09. The van der Waals surface area contributed by atoms with E-state index in [0.717, 1.165) is 5.56 Å². The molecule has 0 saturated carbocycles. The van der Waals surface area contributed by atoms with E-state index in [-0.39, 0.29) is 11.5 Å². The van der Waals surface area contributed by atoms with Crippen LogP contribution in [0.5, 0.6) is 5.75 Å². The van der Waals surface area contributed by atoms with Crippen LogP contribution in [0.1, 0.15) is 11.1 Å². The summed E-state index contributed by atoms with van der Waals surface area (Å²) in [6.07, 6.45) is 0. The average molecular weight is 289 g/mol. The van der Waals surface area contributed by atoms with Gasteiger partial charge in [0.25, 0.3) is 10.0 Å². The number of hydrogen-bond acceptors (Lipinski definition) is 5. The molecule has 0 heterocycles. The summed E-state index contributed by atoms with van der Waals surface area (Å²) >= 11 is 0. The van der Waals surface area contributed by atoms with Gasteiger partial charge in [0, 0.05) is 7.11 Å². The molecule has 1 N–H and O–H groups in total. The highest BCUT2D eigenvalue weighted by Gasteiger charge is 2.18. The van der Waals surface area contributed by atoms with Gasteiger partial charge in [-0.15, -0.1) is 0 Å². The van der Waals surface area contributed by atoms with Gasteiger partial charge in [-0.05, 0) is 37.1 Å². The highest BCUT2D eigenvalue weighted by molar-refractivity contribution is 7.89. The van der Waals surface area contributed by atoms with E-state index in [1.807, 2.05) is 0 Å². The quantitative estimate of drug-likeness (QED) is 0.602. The molecule has 0 aliphatic rings. The minimum Gasteiger partial charge on any atom is -0.496 e. The molecule has 0 aromatic heterocycles. The largest absolute Gasteiger partial charge is 0.496 e. The maximum absolute atomic E-state index is 12.1. The van der Waals surface area contributed by atoms with Crippen LogP contribution in [0.3, 0.4) is 0 Å². The van der Waals surface area contributed by atoms with Crippen LogP contribution in [0.2, 0.25) is 0 Å². The lowest BCUT2D eigenvalue weighted by Crippen LogP contribution is -2.26. The maximum atomic E-state index is 12.1. The van der Waals surface area contributed by atoms with Gasteiger partial charge in [0.05, 0.1) is 25.2 Å². The minimum absolute atomic E-state index is 0.143. The second kappa shape index (κ2) is 6.85. The van der Waals surface area contributed by atoms with Crippen molar-refractivity contribution in [1.29, 1.82) is 0 Å². The Kier molecular flexibility index (Phi) is 5.74. The lowest BCUT2D eigenvalue weighted by atomic mass is 10.1. The van der Waals surface area contributed by atoms with Crippen molar-refractivity contribution in [2.75, 3.05) is 27.4 Å². The van der Waals surface area contributed by atoms with Crippen LogP contribution in [0.15, 0.2) is 17.0 Å². The molecule has 6 nitrogen and oxygen atoms in total. The van der Waals surface area contributed by atoms with E-state index in [1.54, 1.807) is 33.1 Å². The van der Waals surface area contributed by atoms with Crippen molar-refractivity contribution >= 4 is 10.0 Å². The Morgan fingerprint density at radius 1 is 1.11 bits per heavy atom. The van der Waals surface area contributed by atoms with Crippen LogP contribution in [0.25, 0.3) is 0 Å². The van der Waals surface area contributed by atoms with Crippen LogP contribution < -0.4 is 9.62 Å². The number of benzene rings is 1. The number of aryl methyl sites for hydroxylation is 2. The topological polar surface area (TPSA) is 73.9 Å².